The molecule has 1 aromatic rings. The molecule has 2 atom stereocenters. The van der Waals surface area contributed by atoms with Gasteiger partial charge in [-0.15, -0.1) is 0 Å². The molecule has 1 aromatic carbocycles. The maximum atomic E-state index is 13.3. The minimum absolute atomic E-state index is 0.144. The summed E-state index contributed by atoms with van der Waals surface area (Å²) in [5, 5.41) is 14.8. The minimum atomic E-state index is -1.48. The molecule has 10 nitrogen and oxygen atoms in total. The summed E-state index contributed by atoms with van der Waals surface area (Å²) in [6.07, 6.45) is 4.03. The Balaban J connectivity index is 3.37. The van der Waals surface area contributed by atoms with Gasteiger partial charge in [0.25, 0.3) is 5.91 Å². The average molecular weight is 447 g/mol. The number of aromatic hydroxyl groups is 1. The normalized spacial score (nSPS) is 12.8. The van der Waals surface area contributed by atoms with Crippen molar-refractivity contribution in [2.45, 2.75) is 64.8 Å². The van der Waals surface area contributed by atoms with Crippen LogP contribution in [0.25, 0.3) is 0 Å². The van der Waals surface area contributed by atoms with E-state index in [-0.39, 0.29) is 17.4 Å². The standard InChI is InChI=1S/C22H30N4O6/c1-7-26(18(19(29)24-13(2)3)14-9-8-10-15(27)11-14)20(30)16(12-17(23)28)25-21(31)32-22(4,5)6/h1,8-11,13,16,18,27H,12H2,2-6H3,(H2,23,28)(H,24,29)(H,25,31). The van der Waals surface area contributed by atoms with Crippen molar-refractivity contribution in [1.29, 1.82) is 0 Å². The van der Waals surface area contributed by atoms with E-state index < -0.39 is 47.9 Å². The van der Waals surface area contributed by atoms with E-state index in [9.17, 15) is 24.3 Å². The zero-order chi connectivity index (χ0) is 24.6. The van der Waals surface area contributed by atoms with E-state index in [2.05, 4.69) is 16.7 Å². The summed E-state index contributed by atoms with van der Waals surface area (Å²) in [5.74, 6) is -2.57. The van der Waals surface area contributed by atoms with Crippen molar-refractivity contribution in [3.63, 3.8) is 0 Å². The van der Waals surface area contributed by atoms with Crippen LogP contribution in [0.2, 0.25) is 0 Å². The summed E-state index contributed by atoms with van der Waals surface area (Å²) >= 11 is 0. The first-order valence-electron chi connectivity index (χ1n) is 9.91. The van der Waals surface area contributed by atoms with E-state index in [0.29, 0.717) is 0 Å². The maximum Gasteiger partial charge on any atom is 0.408 e. The van der Waals surface area contributed by atoms with Crippen molar-refractivity contribution in [1.82, 2.24) is 15.5 Å². The second-order valence-corrected chi connectivity index (χ2v) is 8.37. The number of hydrogen-bond donors (Lipinski definition) is 4. The number of rotatable bonds is 8. The fourth-order valence-corrected chi connectivity index (χ4v) is 2.76. The molecule has 0 heterocycles. The predicted octanol–water partition coefficient (Wildman–Crippen LogP) is 1.15. The Morgan fingerprint density at radius 3 is 2.31 bits per heavy atom. The number of carbonyl (C=O) groups excluding carboxylic acids is 4. The molecule has 0 aliphatic carbocycles. The molecule has 0 saturated carbocycles. The fourth-order valence-electron chi connectivity index (χ4n) is 2.76. The molecule has 1 rings (SSSR count). The molecule has 0 aliphatic rings. The lowest BCUT2D eigenvalue weighted by molar-refractivity contribution is -0.139. The Labute approximate surface area is 187 Å². The first kappa shape index (κ1) is 26.3. The Morgan fingerprint density at radius 1 is 1.22 bits per heavy atom. The maximum absolute atomic E-state index is 13.3. The third kappa shape index (κ3) is 8.18. The Bertz CT molecular complexity index is 900. The molecule has 4 amide bonds. The molecule has 0 fully saturated rings. The lowest BCUT2D eigenvalue weighted by Gasteiger charge is -2.30. The Kier molecular flexibility index (Phi) is 9.07. The molecule has 174 valence electrons. The van der Waals surface area contributed by atoms with Gasteiger partial charge in [0.05, 0.1) is 6.42 Å². The second-order valence-electron chi connectivity index (χ2n) is 8.37. The molecule has 5 N–H and O–H groups in total. The minimum Gasteiger partial charge on any atom is -0.508 e. The van der Waals surface area contributed by atoms with Gasteiger partial charge < -0.3 is 26.2 Å². The number of alkyl carbamates (subject to hydrolysis) is 1. The number of benzene rings is 1. The summed E-state index contributed by atoms with van der Waals surface area (Å²) in [6.45, 7) is 8.32. The van der Waals surface area contributed by atoms with Crippen LogP contribution in [0, 0.1) is 12.5 Å². The van der Waals surface area contributed by atoms with Crippen LogP contribution in [0.1, 0.15) is 52.6 Å². The van der Waals surface area contributed by atoms with Gasteiger partial charge in [-0.2, -0.15) is 0 Å². The summed E-state index contributed by atoms with van der Waals surface area (Å²) in [7, 11) is 0. The Morgan fingerprint density at radius 2 is 1.84 bits per heavy atom. The zero-order valence-corrected chi connectivity index (χ0v) is 18.8. The van der Waals surface area contributed by atoms with E-state index in [1.54, 1.807) is 34.6 Å². The quantitative estimate of drug-likeness (QED) is 0.347. The number of carbonyl (C=O) groups is 4. The fraction of sp³-hybridized carbons (Fsp3) is 0.455. The summed E-state index contributed by atoms with van der Waals surface area (Å²) in [6, 6.07) is 4.70. The van der Waals surface area contributed by atoms with Crippen molar-refractivity contribution in [2.24, 2.45) is 5.73 Å². The van der Waals surface area contributed by atoms with Gasteiger partial charge in [-0.05, 0) is 52.3 Å². The van der Waals surface area contributed by atoms with Gasteiger partial charge in [-0.1, -0.05) is 18.6 Å². The van der Waals surface area contributed by atoms with Crippen molar-refractivity contribution < 1.29 is 29.0 Å². The third-order valence-corrected chi connectivity index (χ3v) is 3.89. The lowest BCUT2D eigenvalue weighted by Crippen LogP contribution is -2.53. The number of phenols is 1. The monoisotopic (exact) mass is 446 g/mol. The van der Waals surface area contributed by atoms with Crippen molar-refractivity contribution in [3.05, 3.63) is 29.8 Å². The van der Waals surface area contributed by atoms with Crippen molar-refractivity contribution >= 4 is 23.8 Å². The first-order valence-corrected chi connectivity index (χ1v) is 9.91. The highest BCUT2D eigenvalue weighted by atomic mass is 16.6. The number of phenolic OH excluding ortho intramolecular Hbond substituents is 1. The highest BCUT2D eigenvalue weighted by molar-refractivity contribution is 5.95. The SMILES string of the molecule is C#CN(C(=O)C(CC(N)=O)NC(=O)OC(C)(C)C)C(C(=O)NC(C)C)c1cccc(O)c1. The van der Waals surface area contributed by atoms with Gasteiger partial charge in [-0.3, -0.25) is 19.3 Å². The molecule has 0 saturated heterocycles. The summed E-state index contributed by atoms with van der Waals surface area (Å²) in [4.78, 5) is 50.7. The van der Waals surface area contributed by atoms with Gasteiger partial charge in [0, 0.05) is 12.1 Å². The number of nitrogens with one attached hydrogen (secondary N) is 2. The van der Waals surface area contributed by atoms with E-state index >= 15 is 0 Å². The van der Waals surface area contributed by atoms with Crippen LogP contribution in [0.15, 0.2) is 24.3 Å². The van der Waals surface area contributed by atoms with Gasteiger partial charge in [-0.25, -0.2) is 4.79 Å². The number of nitrogens with two attached hydrogens (primary N) is 1. The van der Waals surface area contributed by atoms with Crippen LogP contribution in [-0.2, 0) is 19.1 Å². The highest BCUT2D eigenvalue weighted by Gasteiger charge is 2.36. The van der Waals surface area contributed by atoms with Gasteiger partial charge in [0.2, 0.25) is 11.8 Å². The number of amides is 4. The molecular weight excluding hydrogens is 416 g/mol. The molecule has 0 spiro atoms. The molecule has 0 radical (unpaired) electrons. The zero-order valence-electron chi connectivity index (χ0n) is 18.8. The van der Waals surface area contributed by atoms with Gasteiger partial charge >= 0.3 is 6.09 Å². The number of hydrogen-bond acceptors (Lipinski definition) is 6. The topological polar surface area (TPSA) is 151 Å². The molecule has 32 heavy (non-hydrogen) atoms. The van der Waals surface area contributed by atoms with Crippen LogP contribution < -0.4 is 16.4 Å². The predicted molar refractivity (Wildman–Crippen MR) is 117 cm³/mol. The van der Waals surface area contributed by atoms with Gasteiger partial charge in [0.15, 0.2) is 0 Å². The highest BCUT2D eigenvalue weighted by Crippen LogP contribution is 2.25. The lowest BCUT2D eigenvalue weighted by atomic mass is 10.0. The molecule has 10 heteroatoms. The average Bonchev–Trinajstić information content (AvgIpc) is 2.62. The summed E-state index contributed by atoms with van der Waals surface area (Å²) in [5.41, 5.74) is 4.61. The van der Waals surface area contributed by atoms with E-state index in [1.165, 1.54) is 24.3 Å². The molecule has 2 unspecified atom stereocenters. The van der Waals surface area contributed by atoms with Crippen LogP contribution in [0.3, 0.4) is 0 Å². The molecular formula is C22H30N4O6. The number of ether oxygens (including phenoxy) is 1. The molecule has 0 bridgehead atoms. The Hall–Kier alpha value is -3.74. The second kappa shape index (κ2) is 11.0. The van der Waals surface area contributed by atoms with E-state index in [4.69, 9.17) is 16.9 Å². The largest absolute Gasteiger partial charge is 0.508 e. The van der Waals surface area contributed by atoms with E-state index in [1.807, 2.05) is 0 Å². The number of terminal acetylenes is 1. The van der Waals surface area contributed by atoms with Crippen LogP contribution >= 0.6 is 0 Å². The smallest absolute Gasteiger partial charge is 0.408 e. The number of nitrogens with zero attached hydrogens (tertiary/aromatic N) is 1. The summed E-state index contributed by atoms with van der Waals surface area (Å²) < 4.78 is 5.14. The third-order valence-electron chi connectivity index (χ3n) is 3.89. The van der Waals surface area contributed by atoms with Crippen LogP contribution in [-0.4, -0.2) is 51.5 Å². The number of primary amides is 1. The van der Waals surface area contributed by atoms with Crippen molar-refractivity contribution in [2.75, 3.05) is 0 Å². The molecule has 0 aromatic heterocycles. The van der Waals surface area contributed by atoms with Crippen LogP contribution in [0.5, 0.6) is 5.75 Å². The van der Waals surface area contributed by atoms with Crippen molar-refractivity contribution in [3.8, 4) is 18.2 Å². The molecule has 0 aliphatic heterocycles. The van der Waals surface area contributed by atoms with Crippen LogP contribution in [0.4, 0.5) is 4.79 Å². The first-order chi connectivity index (χ1) is 14.7. The van der Waals surface area contributed by atoms with Gasteiger partial charge in [0.1, 0.15) is 23.4 Å². The van der Waals surface area contributed by atoms with E-state index in [0.717, 1.165) is 4.90 Å².